The van der Waals surface area contributed by atoms with Gasteiger partial charge in [-0.05, 0) is 23.8 Å². The van der Waals surface area contributed by atoms with E-state index in [9.17, 15) is 14.4 Å². The molecule has 1 heterocycles. The number of hydrogen-bond acceptors (Lipinski definition) is 3. The van der Waals surface area contributed by atoms with Gasteiger partial charge in [-0.2, -0.15) is 0 Å². The van der Waals surface area contributed by atoms with E-state index < -0.39 is 12.1 Å². The van der Waals surface area contributed by atoms with Crippen LogP contribution in [-0.4, -0.2) is 41.9 Å². The Bertz CT molecular complexity index is 601. The number of nitrogens with zero attached hydrogens (tertiary/aromatic N) is 1. The van der Waals surface area contributed by atoms with Gasteiger partial charge in [0.25, 0.3) is 5.91 Å². The van der Waals surface area contributed by atoms with E-state index in [0.29, 0.717) is 18.9 Å². The summed E-state index contributed by atoms with van der Waals surface area (Å²) in [5.74, 6) is -0.196. The number of amides is 4. The normalized spacial score (nSPS) is 18.7. The second-order valence-corrected chi connectivity index (χ2v) is 6.67. The predicted octanol–water partition coefficient (Wildman–Crippen LogP) is 1.87. The molecule has 130 valence electrons. The molecule has 1 aromatic rings. The van der Waals surface area contributed by atoms with Gasteiger partial charge in [-0.15, -0.1) is 0 Å². The van der Waals surface area contributed by atoms with Gasteiger partial charge in [0.05, 0.1) is 0 Å². The van der Waals surface area contributed by atoms with Crippen molar-refractivity contribution in [3.05, 3.63) is 35.9 Å². The summed E-state index contributed by atoms with van der Waals surface area (Å²) in [6.07, 6.45) is 0.577. The van der Waals surface area contributed by atoms with Gasteiger partial charge in [0.1, 0.15) is 12.6 Å². The zero-order valence-electron chi connectivity index (χ0n) is 14.4. The number of urea groups is 1. The predicted molar refractivity (Wildman–Crippen MR) is 91.4 cm³/mol. The molecule has 0 aliphatic carbocycles. The summed E-state index contributed by atoms with van der Waals surface area (Å²) in [6, 6.07) is 8.85. The lowest BCUT2D eigenvalue weighted by molar-refractivity contribution is -0.132. The number of rotatable bonds is 7. The zero-order valence-corrected chi connectivity index (χ0v) is 14.4. The minimum Gasteiger partial charge on any atom is -0.354 e. The van der Waals surface area contributed by atoms with Crippen molar-refractivity contribution in [3.8, 4) is 0 Å². The van der Waals surface area contributed by atoms with Gasteiger partial charge in [-0.3, -0.25) is 14.5 Å². The zero-order chi connectivity index (χ0) is 17.7. The van der Waals surface area contributed by atoms with Crippen molar-refractivity contribution in [1.82, 2.24) is 15.5 Å². The van der Waals surface area contributed by atoms with Crippen LogP contribution in [0.1, 0.15) is 38.7 Å². The highest BCUT2D eigenvalue weighted by Crippen LogP contribution is 2.15. The van der Waals surface area contributed by atoms with Crippen LogP contribution in [0.25, 0.3) is 0 Å². The first kappa shape index (κ1) is 18.0. The third-order valence-corrected chi connectivity index (χ3v) is 4.09. The number of imide groups is 1. The van der Waals surface area contributed by atoms with Crippen LogP contribution in [0.3, 0.4) is 0 Å². The first-order chi connectivity index (χ1) is 11.4. The summed E-state index contributed by atoms with van der Waals surface area (Å²) >= 11 is 0. The van der Waals surface area contributed by atoms with Crippen LogP contribution in [0.15, 0.2) is 30.3 Å². The lowest BCUT2D eigenvalue weighted by atomic mass is 10.0. The van der Waals surface area contributed by atoms with Gasteiger partial charge in [-0.1, -0.05) is 51.1 Å². The molecule has 1 aliphatic rings. The van der Waals surface area contributed by atoms with Crippen LogP contribution in [0.4, 0.5) is 4.79 Å². The molecule has 2 N–H and O–H groups in total. The van der Waals surface area contributed by atoms with Crippen molar-refractivity contribution in [2.45, 2.75) is 39.2 Å². The molecule has 24 heavy (non-hydrogen) atoms. The molecule has 2 unspecified atom stereocenters. The van der Waals surface area contributed by atoms with E-state index in [0.717, 1.165) is 10.5 Å². The molecule has 1 aromatic carbocycles. The van der Waals surface area contributed by atoms with E-state index in [-0.39, 0.29) is 24.3 Å². The highest BCUT2D eigenvalue weighted by molar-refractivity contribution is 6.06. The molecule has 0 radical (unpaired) electrons. The number of benzene rings is 1. The van der Waals surface area contributed by atoms with Crippen LogP contribution < -0.4 is 10.6 Å². The maximum Gasteiger partial charge on any atom is 0.325 e. The Hall–Kier alpha value is -2.37. The van der Waals surface area contributed by atoms with Crippen molar-refractivity contribution in [2.75, 3.05) is 13.1 Å². The Balaban J connectivity index is 1.84. The molecule has 6 heteroatoms. The van der Waals surface area contributed by atoms with Gasteiger partial charge in [-0.25, -0.2) is 4.79 Å². The number of hydrogen-bond donors (Lipinski definition) is 2. The second-order valence-electron chi connectivity index (χ2n) is 6.67. The summed E-state index contributed by atoms with van der Waals surface area (Å²) in [7, 11) is 0. The van der Waals surface area contributed by atoms with E-state index in [4.69, 9.17) is 0 Å². The standard InChI is InChI=1S/C18H25N3O3/c1-12(2)9-15-17(23)21(18(24)20-15)11-16(22)19-10-13(3)14-7-5-4-6-8-14/h4-8,12-13,15H,9-11H2,1-3H3,(H,19,22)(H,20,24). The van der Waals surface area contributed by atoms with Crippen LogP contribution >= 0.6 is 0 Å². The van der Waals surface area contributed by atoms with E-state index in [1.165, 1.54) is 0 Å². The maximum absolute atomic E-state index is 12.2. The maximum atomic E-state index is 12.2. The summed E-state index contributed by atoms with van der Waals surface area (Å²) in [5, 5.41) is 5.43. The molecule has 2 atom stereocenters. The third-order valence-electron chi connectivity index (χ3n) is 4.09. The fourth-order valence-electron chi connectivity index (χ4n) is 2.72. The molecule has 4 amide bonds. The Morgan fingerprint density at radius 3 is 2.50 bits per heavy atom. The van der Waals surface area contributed by atoms with Crippen LogP contribution in [0.5, 0.6) is 0 Å². The van der Waals surface area contributed by atoms with Crippen molar-refractivity contribution < 1.29 is 14.4 Å². The quantitative estimate of drug-likeness (QED) is 0.749. The fourth-order valence-corrected chi connectivity index (χ4v) is 2.72. The number of carbonyl (C=O) groups is 3. The molecular formula is C18H25N3O3. The smallest absolute Gasteiger partial charge is 0.325 e. The number of nitrogens with one attached hydrogen (secondary N) is 2. The first-order valence-electron chi connectivity index (χ1n) is 8.32. The SMILES string of the molecule is CC(C)CC1NC(=O)N(CC(=O)NCC(C)c2ccccc2)C1=O. The van der Waals surface area contributed by atoms with Gasteiger partial charge in [0, 0.05) is 6.54 Å². The second kappa shape index (κ2) is 7.95. The number of carbonyl (C=O) groups excluding carboxylic acids is 3. The first-order valence-corrected chi connectivity index (χ1v) is 8.32. The molecule has 0 aromatic heterocycles. The molecule has 6 nitrogen and oxygen atoms in total. The largest absolute Gasteiger partial charge is 0.354 e. The minimum absolute atomic E-state index is 0.159. The van der Waals surface area contributed by atoms with Gasteiger partial charge < -0.3 is 10.6 Å². The molecule has 0 bridgehead atoms. The highest BCUT2D eigenvalue weighted by atomic mass is 16.2. The lowest BCUT2D eigenvalue weighted by Crippen LogP contribution is -2.42. The molecule has 1 aliphatic heterocycles. The Labute approximate surface area is 142 Å². The van der Waals surface area contributed by atoms with Crippen molar-refractivity contribution in [1.29, 1.82) is 0 Å². The summed E-state index contributed by atoms with van der Waals surface area (Å²) in [6.45, 7) is 6.21. The fraction of sp³-hybridized carbons (Fsp3) is 0.500. The Morgan fingerprint density at radius 2 is 1.88 bits per heavy atom. The van der Waals surface area contributed by atoms with Crippen molar-refractivity contribution >= 4 is 17.8 Å². The van der Waals surface area contributed by atoms with E-state index in [1.807, 2.05) is 51.1 Å². The molecular weight excluding hydrogens is 306 g/mol. The molecule has 2 rings (SSSR count). The van der Waals surface area contributed by atoms with Crippen LogP contribution in [0, 0.1) is 5.92 Å². The molecule has 0 saturated carbocycles. The summed E-state index contributed by atoms with van der Waals surface area (Å²) in [4.78, 5) is 37.2. The highest BCUT2D eigenvalue weighted by Gasteiger charge is 2.38. The monoisotopic (exact) mass is 331 g/mol. The Morgan fingerprint density at radius 1 is 1.21 bits per heavy atom. The van der Waals surface area contributed by atoms with E-state index >= 15 is 0 Å². The van der Waals surface area contributed by atoms with Gasteiger partial charge in [0.2, 0.25) is 5.91 Å². The molecule has 1 saturated heterocycles. The third kappa shape index (κ3) is 4.57. The van der Waals surface area contributed by atoms with Gasteiger partial charge in [0.15, 0.2) is 0 Å². The summed E-state index contributed by atoms with van der Waals surface area (Å²) in [5.41, 5.74) is 1.13. The average molecular weight is 331 g/mol. The van der Waals surface area contributed by atoms with E-state index in [1.54, 1.807) is 0 Å². The summed E-state index contributed by atoms with van der Waals surface area (Å²) < 4.78 is 0. The molecule has 0 spiro atoms. The van der Waals surface area contributed by atoms with Crippen LogP contribution in [-0.2, 0) is 9.59 Å². The topological polar surface area (TPSA) is 78.5 Å². The minimum atomic E-state index is -0.520. The van der Waals surface area contributed by atoms with Crippen LogP contribution in [0.2, 0.25) is 0 Å². The van der Waals surface area contributed by atoms with Crippen molar-refractivity contribution in [3.63, 3.8) is 0 Å². The lowest BCUT2D eigenvalue weighted by Gasteiger charge is -2.16. The van der Waals surface area contributed by atoms with Crippen molar-refractivity contribution in [2.24, 2.45) is 5.92 Å². The molecule has 1 fully saturated rings. The van der Waals surface area contributed by atoms with E-state index in [2.05, 4.69) is 10.6 Å². The average Bonchev–Trinajstić information content (AvgIpc) is 2.80. The van der Waals surface area contributed by atoms with Gasteiger partial charge >= 0.3 is 6.03 Å². The Kier molecular flexibility index (Phi) is 5.95.